The molecule has 0 N–H and O–H groups in total. The SMILES string of the molecule is O=[N+]([O-])/C=C\N1CCOCC1. The Morgan fingerprint density at radius 2 is 2.09 bits per heavy atom. The Morgan fingerprint density at radius 3 is 2.64 bits per heavy atom. The van der Waals surface area contributed by atoms with Gasteiger partial charge in [0.25, 0.3) is 0 Å². The zero-order chi connectivity index (χ0) is 8.10. The van der Waals surface area contributed by atoms with Crippen LogP contribution >= 0.6 is 0 Å². The van der Waals surface area contributed by atoms with Crippen molar-refractivity contribution in [3.05, 3.63) is 22.5 Å². The smallest absolute Gasteiger partial charge is 0.250 e. The van der Waals surface area contributed by atoms with Gasteiger partial charge in [-0.2, -0.15) is 0 Å². The van der Waals surface area contributed by atoms with Gasteiger partial charge in [0, 0.05) is 13.1 Å². The van der Waals surface area contributed by atoms with E-state index in [0.29, 0.717) is 13.2 Å². The molecule has 1 fully saturated rings. The average Bonchev–Trinajstić information content (AvgIpc) is 2.03. The molecule has 0 bridgehead atoms. The average molecular weight is 158 g/mol. The van der Waals surface area contributed by atoms with Crippen LogP contribution in [-0.4, -0.2) is 36.1 Å². The Labute approximate surface area is 64.4 Å². The van der Waals surface area contributed by atoms with Crippen LogP contribution in [-0.2, 0) is 4.74 Å². The molecule has 1 aliphatic rings. The van der Waals surface area contributed by atoms with Crippen molar-refractivity contribution >= 4 is 0 Å². The van der Waals surface area contributed by atoms with Crippen LogP contribution in [0.5, 0.6) is 0 Å². The Hall–Kier alpha value is -1.10. The normalized spacial score (nSPS) is 19.1. The van der Waals surface area contributed by atoms with Crippen LogP contribution in [0.3, 0.4) is 0 Å². The third-order valence-corrected chi connectivity index (χ3v) is 1.44. The van der Waals surface area contributed by atoms with Crippen molar-refractivity contribution in [2.24, 2.45) is 0 Å². The lowest BCUT2D eigenvalue weighted by Crippen LogP contribution is -2.32. The van der Waals surface area contributed by atoms with E-state index >= 15 is 0 Å². The fourth-order valence-corrected chi connectivity index (χ4v) is 0.875. The van der Waals surface area contributed by atoms with Crippen molar-refractivity contribution in [3.8, 4) is 0 Å². The van der Waals surface area contributed by atoms with Crippen LogP contribution in [0.2, 0.25) is 0 Å². The van der Waals surface area contributed by atoms with Gasteiger partial charge in [0.2, 0.25) is 6.20 Å². The van der Waals surface area contributed by atoms with Gasteiger partial charge in [0.1, 0.15) is 0 Å². The molecule has 0 aromatic carbocycles. The van der Waals surface area contributed by atoms with Crippen molar-refractivity contribution < 1.29 is 9.66 Å². The second-order valence-electron chi connectivity index (χ2n) is 2.23. The summed E-state index contributed by atoms with van der Waals surface area (Å²) in [6.07, 6.45) is 2.44. The zero-order valence-corrected chi connectivity index (χ0v) is 6.10. The minimum atomic E-state index is -0.463. The summed E-state index contributed by atoms with van der Waals surface area (Å²) in [7, 11) is 0. The first-order valence-corrected chi connectivity index (χ1v) is 3.42. The first kappa shape index (κ1) is 8.00. The summed E-state index contributed by atoms with van der Waals surface area (Å²) >= 11 is 0. The molecule has 1 aliphatic heterocycles. The van der Waals surface area contributed by atoms with E-state index in [1.165, 1.54) is 6.20 Å². The van der Waals surface area contributed by atoms with Crippen molar-refractivity contribution in [1.29, 1.82) is 0 Å². The van der Waals surface area contributed by atoms with E-state index in [4.69, 9.17) is 4.74 Å². The first-order chi connectivity index (χ1) is 5.29. The summed E-state index contributed by atoms with van der Waals surface area (Å²) in [5, 5.41) is 9.90. The van der Waals surface area contributed by atoms with E-state index < -0.39 is 4.92 Å². The third kappa shape index (κ3) is 2.99. The largest absolute Gasteiger partial charge is 0.378 e. The molecular weight excluding hydrogens is 148 g/mol. The number of rotatable bonds is 2. The summed E-state index contributed by atoms with van der Waals surface area (Å²) in [4.78, 5) is 11.3. The third-order valence-electron chi connectivity index (χ3n) is 1.44. The number of morpholine rings is 1. The number of ether oxygens (including phenoxy) is 1. The Balaban J connectivity index is 2.29. The summed E-state index contributed by atoms with van der Waals surface area (Å²) < 4.78 is 5.06. The van der Waals surface area contributed by atoms with Gasteiger partial charge in [-0.05, 0) is 0 Å². The molecule has 5 nitrogen and oxygen atoms in total. The molecule has 1 heterocycles. The molecule has 62 valence electrons. The van der Waals surface area contributed by atoms with Gasteiger partial charge in [-0.25, -0.2) is 0 Å². The molecule has 5 heteroatoms. The predicted octanol–water partition coefficient (Wildman–Crippen LogP) is 0.0665. The highest BCUT2D eigenvalue weighted by atomic mass is 16.6. The van der Waals surface area contributed by atoms with Gasteiger partial charge >= 0.3 is 0 Å². The second kappa shape index (κ2) is 3.92. The monoisotopic (exact) mass is 158 g/mol. The summed E-state index contributed by atoms with van der Waals surface area (Å²) in [5.74, 6) is 0. The molecule has 0 saturated carbocycles. The van der Waals surface area contributed by atoms with Crippen LogP contribution in [0.4, 0.5) is 0 Å². The van der Waals surface area contributed by atoms with E-state index in [2.05, 4.69) is 0 Å². The van der Waals surface area contributed by atoms with Crippen molar-refractivity contribution in [3.63, 3.8) is 0 Å². The van der Waals surface area contributed by atoms with E-state index in [1.54, 1.807) is 0 Å². The number of nitrogens with zero attached hydrogens (tertiary/aromatic N) is 2. The fourth-order valence-electron chi connectivity index (χ4n) is 0.875. The second-order valence-corrected chi connectivity index (χ2v) is 2.23. The highest BCUT2D eigenvalue weighted by Gasteiger charge is 2.05. The molecule has 0 aromatic rings. The van der Waals surface area contributed by atoms with E-state index in [0.717, 1.165) is 19.3 Å². The molecule has 1 rings (SSSR count). The fraction of sp³-hybridized carbons (Fsp3) is 0.667. The van der Waals surface area contributed by atoms with Gasteiger partial charge in [0.05, 0.1) is 24.3 Å². The van der Waals surface area contributed by atoms with Crippen molar-refractivity contribution in [1.82, 2.24) is 4.90 Å². The molecule has 0 aromatic heterocycles. The molecule has 11 heavy (non-hydrogen) atoms. The van der Waals surface area contributed by atoms with Crippen LogP contribution in [0.25, 0.3) is 0 Å². The molecule has 0 spiro atoms. The maximum absolute atomic E-state index is 9.90. The molecule has 1 saturated heterocycles. The lowest BCUT2D eigenvalue weighted by molar-refractivity contribution is -0.403. The number of hydrogen-bond acceptors (Lipinski definition) is 4. The molecule has 0 aliphatic carbocycles. The van der Waals surface area contributed by atoms with Gasteiger partial charge in [-0.1, -0.05) is 0 Å². The highest BCUT2D eigenvalue weighted by Crippen LogP contribution is 1.96. The minimum Gasteiger partial charge on any atom is -0.378 e. The summed E-state index contributed by atoms with van der Waals surface area (Å²) in [5.41, 5.74) is 0. The predicted molar refractivity (Wildman–Crippen MR) is 38.5 cm³/mol. The molecule has 0 amide bonds. The Kier molecular flexibility index (Phi) is 2.85. The Morgan fingerprint density at radius 1 is 1.45 bits per heavy atom. The van der Waals surface area contributed by atoms with Gasteiger partial charge < -0.3 is 9.64 Å². The number of nitro groups is 1. The summed E-state index contributed by atoms with van der Waals surface area (Å²) in [6.45, 7) is 2.79. The minimum absolute atomic E-state index is 0.463. The van der Waals surface area contributed by atoms with E-state index in [9.17, 15) is 10.1 Å². The topological polar surface area (TPSA) is 55.6 Å². The maximum atomic E-state index is 9.90. The quantitative estimate of drug-likeness (QED) is 0.421. The maximum Gasteiger partial charge on any atom is 0.250 e. The molecule has 0 atom stereocenters. The van der Waals surface area contributed by atoms with Crippen molar-refractivity contribution in [2.75, 3.05) is 26.3 Å². The van der Waals surface area contributed by atoms with Crippen LogP contribution in [0.1, 0.15) is 0 Å². The zero-order valence-electron chi connectivity index (χ0n) is 6.10. The standard InChI is InChI=1S/C6H10N2O3/c9-8(10)2-1-7-3-5-11-6-4-7/h1-2H,3-6H2/b2-1-. The van der Waals surface area contributed by atoms with Crippen LogP contribution < -0.4 is 0 Å². The van der Waals surface area contributed by atoms with Crippen LogP contribution in [0, 0.1) is 10.1 Å². The number of hydrogen-bond donors (Lipinski definition) is 0. The lowest BCUT2D eigenvalue weighted by Gasteiger charge is -2.23. The lowest BCUT2D eigenvalue weighted by atomic mass is 10.4. The molecule has 0 unspecified atom stereocenters. The van der Waals surface area contributed by atoms with Gasteiger partial charge in [-0.3, -0.25) is 10.1 Å². The van der Waals surface area contributed by atoms with Gasteiger partial charge in [-0.15, -0.1) is 0 Å². The van der Waals surface area contributed by atoms with Gasteiger partial charge in [0.15, 0.2) is 0 Å². The van der Waals surface area contributed by atoms with Crippen molar-refractivity contribution in [2.45, 2.75) is 0 Å². The van der Waals surface area contributed by atoms with E-state index in [1.807, 2.05) is 4.90 Å². The summed E-state index contributed by atoms with van der Waals surface area (Å²) in [6, 6.07) is 0. The molecular formula is C6H10N2O3. The Bertz CT molecular complexity index is 163. The first-order valence-electron chi connectivity index (χ1n) is 3.42. The molecule has 0 radical (unpaired) electrons. The van der Waals surface area contributed by atoms with E-state index in [-0.39, 0.29) is 0 Å². The highest BCUT2D eigenvalue weighted by molar-refractivity contribution is 4.76. The van der Waals surface area contributed by atoms with Crippen LogP contribution in [0.15, 0.2) is 12.4 Å².